The van der Waals surface area contributed by atoms with Crippen molar-refractivity contribution < 1.29 is 9.90 Å². The van der Waals surface area contributed by atoms with Crippen molar-refractivity contribution in [1.29, 1.82) is 0 Å². The van der Waals surface area contributed by atoms with Crippen LogP contribution in [0.1, 0.15) is 11.9 Å². The van der Waals surface area contributed by atoms with Gasteiger partial charge >= 0.3 is 6.09 Å². The topological polar surface area (TPSA) is 135 Å². The van der Waals surface area contributed by atoms with E-state index in [-0.39, 0.29) is 11.6 Å². The van der Waals surface area contributed by atoms with Crippen LogP contribution in [0, 0.1) is 0 Å². The van der Waals surface area contributed by atoms with Gasteiger partial charge in [-0.05, 0) is 58.0 Å². The number of hydrogen-bond donors (Lipinski definition) is 2. The smallest absolute Gasteiger partial charge is 0.411 e. The number of hydrogen-bond acceptors (Lipinski definition) is 7. The Morgan fingerprint density at radius 1 is 1.16 bits per heavy atom. The van der Waals surface area contributed by atoms with Crippen molar-refractivity contribution >= 4 is 35.1 Å². The Bertz CT molecular complexity index is 1720. The van der Waals surface area contributed by atoms with E-state index in [1.54, 1.807) is 52.9 Å². The summed E-state index contributed by atoms with van der Waals surface area (Å²) in [6.07, 6.45) is 2.18. The van der Waals surface area contributed by atoms with Crippen LogP contribution in [-0.4, -0.2) is 58.7 Å². The molecular weight excluding hydrogens is 528 g/mol. The van der Waals surface area contributed by atoms with Crippen molar-refractivity contribution in [3.8, 4) is 28.1 Å². The first-order valence-electron chi connectivity index (χ1n) is 11.4. The number of H-pyrrole nitrogens is 1. The molecule has 0 radical (unpaired) electrons. The van der Waals surface area contributed by atoms with Gasteiger partial charge in [0.15, 0.2) is 0 Å². The summed E-state index contributed by atoms with van der Waals surface area (Å²) in [5.41, 5.74) is 4.20. The Kier molecular flexibility index (Phi) is 5.97. The molecule has 0 spiro atoms. The van der Waals surface area contributed by atoms with E-state index < -0.39 is 6.09 Å². The zero-order chi connectivity index (χ0) is 26.4. The second-order valence-corrected chi connectivity index (χ2v) is 10.1. The third-order valence-corrected chi connectivity index (χ3v) is 7.69. The van der Waals surface area contributed by atoms with Gasteiger partial charge in [-0.2, -0.15) is 4.68 Å². The summed E-state index contributed by atoms with van der Waals surface area (Å²) in [5.74, 6) is 1.31. The van der Waals surface area contributed by atoms with Crippen LogP contribution >= 0.6 is 23.4 Å². The molecule has 1 atom stereocenters. The fraction of sp³-hybridized carbons (Fsp3) is 0.120. The average Bonchev–Trinajstić information content (AvgIpc) is 3.69. The number of pyridine rings is 1. The molecule has 5 aromatic rings. The van der Waals surface area contributed by atoms with Crippen molar-refractivity contribution in [2.75, 3.05) is 17.7 Å². The molecule has 2 aromatic carbocycles. The third-order valence-electron chi connectivity index (χ3n) is 6.36. The van der Waals surface area contributed by atoms with Gasteiger partial charge in [-0.15, -0.1) is 16.9 Å². The lowest BCUT2D eigenvalue weighted by molar-refractivity contribution is 0.203. The number of imidazole rings is 1. The van der Waals surface area contributed by atoms with E-state index in [1.807, 2.05) is 24.3 Å². The summed E-state index contributed by atoms with van der Waals surface area (Å²) < 4.78 is 3.27. The first-order chi connectivity index (χ1) is 18.4. The number of anilines is 1. The number of aromatic nitrogens is 7. The standard InChI is InChI=1S/C25H19ClN8O3S/c1-32(25(36)37)17-5-2-14(3-6-17)19-11-27-24(29-19)21-12-38-23-9-15(8-22(35)34(21)23)18-10-16(26)4-7-20(18)33-13-28-30-31-33/h2-11,13,21H,12H2,1H3,(H,27,29)(H,36,37)/t21-/m0/s1. The number of aromatic amines is 1. The number of fused-ring (bicyclic) bond motifs is 1. The number of thioether (sulfide) groups is 1. The largest absolute Gasteiger partial charge is 0.465 e. The van der Waals surface area contributed by atoms with Gasteiger partial charge in [0.2, 0.25) is 0 Å². The first kappa shape index (κ1) is 23.9. The summed E-state index contributed by atoms with van der Waals surface area (Å²) in [6, 6.07) is 15.8. The SMILES string of the molecule is CN(C(=O)O)c1ccc(-c2cnc([C@@H]3CSc4cc(-c5cc(Cl)ccc5-n5cnnn5)cc(=O)n43)[nH]2)cc1. The molecule has 3 aromatic heterocycles. The number of rotatable bonds is 5. The van der Waals surface area contributed by atoms with Crippen molar-refractivity contribution in [1.82, 2.24) is 34.7 Å². The predicted octanol–water partition coefficient (Wildman–Crippen LogP) is 4.34. The Balaban J connectivity index is 1.32. The maximum Gasteiger partial charge on any atom is 0.411 e. The molecule has 190 valence electrons. The minimum Gasteiger partial charge on any atom is -0.465 e. The maximum atomic E-state index is 13.4. The molecule has 0 saturated heterocycles. The van der Waals surface area contributed by atoms with Gasteiger partial charge in [0, 0.05) is 35.1 Å². The Hall–Kier alpha value is -4.42. The van der Waals surface area contributed by atoms with Gasteiger partial charge in [0.1, 0.15) is 18.2 Å². The van der Waals surface area contributed by atoms with Crippen LogP contribution < -0.4 is 10.5 Å². The van der Waals surface area contributed by atoms with E-state index in [0.29, 0.717) is 33.5 Å². The fourth-order valence-electron chi connectivity index (χ4n) is 4.41. The second kappa shape index (κ2) is 9.47. The monoisotopic (exact) mass is 546 g/mol. The number of tetrazole rings is 1. The molecule has 1 aliphatic rings. The normalized spacial score (nSPS) is 14.4. The molecule has 13 heteroatoms. The fourth-order valence-corrected chi connectivity index (χ4v) is 5.78. The molecule has 0 aliphatic carbocycles. The van der Waals surface area contributed by atoms with Crippen LogP contribution in [0.2, 0.25) is 5.02 Å². The molecule has 1 amide bonds. The van der Waals surface area contributed by atoms with Crippen LogP contribution in [0.5, 0.6) is 0 Å². The molecule has 11 nitrogen and oxygen atoms in total. The molecular formula is C25H19ClN8O3S. The Morgan fingerprint density at radius 3 is 2.71 bits per heavy atom. The van der Waals surface area contributed by atoms with E-state index in [9.17, 15) is 9.59 Å². The minimum absolute atomic E-state index is 0.158. The Labute approximate surface area is 224 Å². The lowest BCUT2D eigenvalue weighted by Gasteiger charge is -2.14. The number of nitrogens with one attached hydrogen (secondary N) is 1. The van der Waals surface area contributed by atoms with E-state index in [2.05, 4.69) is 25.5 Å². The highest BCUT2D eigenvalue weighted by Gasteiger charge is 2.29. The van der Waals surface area contributed by atoms with Gasteiger partial charge < -0.3 is 10.1 Å². The maximum absolute atomic E-state index is 13.4. The van der Waals surface area contributed by atoms with E-state index in [4.69, 9.17) is 16.7 Å². The summed E-state index contributed by atoms with van der Waals surface area (Å²) in [5, 5.41) is 21.9. The minimum atomic E-state index is -1.03. The van der Waals surface area contributed by atoms with E-state index >= 15 is 0 Å². The summed E-state index contributed by atoms with van der Waals surface area (Å²) >= 11 is 7.86. The zero-order valence-electron chi connectivity index (χ0n) is 19.8. The summed E-state index contributed by atoms with van der Waals surface area (Å²) in [6.45, 7) is 0. The van der Waals surface area contributed by atoms with Crippen LogP contribution in [0.15, 0.2) is 76.9 Å². The lowest BCUT2D eigenvalue weighted by atomic mass is 10.0. The summed E-state index contributed by atoms with van der Waals surface area (Å²) in [4.78, 5) is 33.6. The molecule has 0 unspecified atom stereocenters. The average molecular weight is 547 g/mol. The number of benzene rings is 2. The van der Waals surface area contributed by atoms with Crippen molar-refractivity contribution in [3.63, 3.8) is 0 Å². The Morgan fingerprint density at radius 2 is 1.97 bits per heavy atom. The van der Waals surface area contributed by atoms with Gasteiger partial charge in [0.25, 0.3) is 5.56 Å². The third kappa shape index (κ3) is 4.23. The van der Waals surface area contributed by atoms with E-state index in [0.717, 1.165) is 26.7 Å². The second-order valence-electron chi connectivity index (χ2n) is 8.60. The van der Waals surface area contributed by atoms with E-state index in [1.165, 1.54) is 18.1 Å². The predicted molar refractivity (Wildman–Crippen MR) is 143 cm³/mol. The molecule has 38 heavy (non-hydrogen) atoms. The quantitative estimate of drug-likeness (QED) is 0.332. The highest BCUT2D eigenvalue weighted by atomic mass is 35.5. The summed E-state index contributed by atoms with van der Waals surface area (Å²) in [7, 11) is 1.49. The highest BCUT2D eigenvalue weighted by molar-refractivity contribution is 7.99. The van der Waals surface area contributed by atoms with Gasteiger partial charge in [-0.3, -0.25) is 14.3 Å². The molecule has 6 rings (SSSR count). The highest BCUT2D eigenvalue weighted by Crippen LogP contribution is 2.38. The van der Waals surface area contributed by atoms with Gasteiger partial charge in [0.05, 0.1) is 22.6 Å². The lowest BCUT2D eigenvalue weighted by Crippen LogP contribution is -2.24. The number of amides is 1. The number of halogens is 1. The molecule has 2 N–H and O–H groups in total. The van der Waals surface area contributed by atoms with Crippen LogP contribution in [0.4, 0.5) is 10.5 Å². The van der Waals surface area contributed by atoms with Crippen molar-refractivity contribution in [3.05, 3.63) is 88.3 Å². The number of nitrogens with zero attached hydrogens (tertiary/aromatic N) is 7. The first-order valence-corrected chi connectivity index (χ1v) is 12.8. The van der Waals surface area contributed by atoms with Crippen molar-refractivity contribution in [2.24, 2.45) is 0 Å². The van der Waals surface area contributed by atoms with Crippen LogP contribution in [0.25, 0.3) is 28.1 Å². The molecule has 0 fully saturated rings. The molecule has 0 saturated carbocycles. The van der Waals surface area contributed by atoms with Gasteiger partial charge in [-0.1, -0.05) is 23.7 Å². The molecule has 4 heterocycles. The van der Waals surface area contributed by atoms with Gasteiger partial charge in [-0.25, -0.2) is 9.78 Å². The number of carbonyl (C=O) groups is 1. The number of carboxylic acid groups (broad SMARTS) is 1. The van der Waals surface area contributed by atoms with Crippen LogP contribution in [-0.2, 0) is 0 Å². The van der Waals surface area contributed by atoms with Crippen LogP contribution in [0.3, 0.4) is 0 Å². The van der Waals surface area contributed by atoms with Crippen molar-refractivity contribution in [2.45, 2.75) is 11.1 Å². The zero-order valence-corrected chi connectivity index (χ0v) is 21.4. The molecule has 1 aliphatic heterocycles. The molecule has 0 bridgehead atoms.